The highest BCUT2D eigenvalue weighted by Crippen LogP contribution is 2.06. The predicted octanol–water partition coefficient (Wildman–Crippen LogP) is 3.44. The molecule has 0 saturated carbocycles. The maximum absolute atomic E-state index is 5.25. The molecule has 0 unspecified atom stereocenters. The Bertz CT molecular complexity index is 422. The lowest BCUT2D eigenvalue weighted by Crippen LogP contribution is -1.90. The Balaban J connectivity index is 0.000000631. The van der Waals surface area contributed by atoms with Gasteiger partial charge in [-0.1, -0.05) is 32.1 Å². The van der Waals surface area contributed by atoms with Gasteiger partial charge in [-0.2, -0.15) is 0 Å². The summed E-state index contributed by atoms with van der Waals surface area (Å²) in [6, 6.07) is 3.99. The lowest BCUT2D eigenvalue weighted by atomic mass is 10.1. The average Bonchev–Trinajstić information content (AvgIpc) is 2.44. The summed E-state index contributed by atoms with van der Waals surface area (Å²) in [4.78, 5) is 4.30. The van der Waals surface area contributed by atoms with Crippen molar-refractivity contribution in [1.82, 2.24) is 4.98 Å². The molecule has 0 saturated heterocycles. The third-order valence-corrected chi connectivity index (χ3v) is 2.36. The molecule has 1 rings (SSSR count). The molecule has 0 amide bonds. The van der Waals surface area contributed by atoms with Crippen LogP contribution in [0, 0.1) is 37.0 Å². The summed E-state index contributed by atoms with van der Waals surface area (Å²) in [5, 5.41) is 0. The topological polar surface area (TPSA) is 12.9 Å². The summed E-state index contributed by atoms with van der Waals surface area (Å²) in [6.45, 7) is 2.22. The molecular weight excluding hydrogens is 218 g/mol. The van der Waals surface area contributed by atoms with E-state index in [2.05, 4.69) is 30.7 Å². The Morgan fingerprint density at radius 3 is 2.22 bits per heavy atom. The quantitative estimate of drug-likeness (QED) is 0.564. The second kappa shape index (κ2) is 11.3. The number of hydrogen-bond donors (Lipinski definition) is 0. The normalized spacial score (nSPS) is 8.11. The Kier molecular flexibility index (Phi) is 9.95. The van der Waals surface area contributed by atoms with Crippen molar-refractivity contribution in [3.63, 3.8) is 0 Å². The average molecular weight is 237 g/mol. The van der Waals surface area contributed by atoms with E-state index in [1.165, 1.54) is 25.7 Å². The molecule has 0 aromatic carbocycles. The van der Waals surface area contributed by atoms with Crippen LogP contribution in [0.5, 0.6) is 0 Å². The third kappa shape index (κ3) is 8.04. The van der Waals surface area contributed by atoms with E-state index in [0.29, 0.717) is 0 Å². The lowest BCUT2D eigenvalue weighted by Gasteiger charge is -2.00. The molecular formula is C17H19N. The van der Waals surface area contributed by atoms with E-state index >= 15 is 0 Å². The van der Waals surface area contributed by atoms with Crippen LogP contribution in [0.15, 0.2) is 18.3 Å². The van der Waals surface area contributed by atoms with Gasteiger partial charge in [0.2, 0.25) is 0 Å². The largest absolute Gasteiger partial charge is 0.260 e. The third-order valence-electron chi connectivity index (χ3n) is 2.36. The van der Waals surface area contributed by atoms with Crippen LogP contribution >= 0.6 is 0 Å². The van der Waals surface area contributed by atoms with E-state index in [0.717, 1.165) is 17.7 Å². The first kappa shape index (κ1) is 15.8. The van der Waals surface area contributed by atoms with Crippen molar-refractivity contribution >= 4 is 0 Å². The Hall–Kier alpha value is -2.17. The number of rotatable bonds is 5. The highest BCUT2D eigenvalue weighted by molar-refractivity contribution is 5.29. The van der Waals surface area contributed by atoms with Gasteiger partial charge in [-0.25, -0.2) is 0 Å². The molecule has 0 aliphatic heterocycles. The summed E-state index contributed by atoms with van der Waals surface area (Å²) in [5.41, 5.74) is 2.02. The van der Waals surface area contributed by atoms with Crippen molar-refractivity contribution in [3.8, 4) is 37.0 Å². The summed E-state index contributed by atoms with van der Waals surface area (Å²) < 4.78 is 0. The molecule has 0 atom stereocenters. The van der Waals surface area contributed by atoms with Gasteiger partial charge in [0.05, 0.1) is 0 Å². The first-order valence-corrected chi connectivity index (χ1v) is 6.11. The zero-order valence-corrected chi connectivity index (χ0v) is 10.9. The lowest BCUT2D eigenvalue weighted by molar-refractivity contribution is 0.660. The number of aryl methyl sites for hydroxylation is 1. The molecule has 1 heteroatoms. The standard InChI is InChI=1S/C13H17N.C4H2/c1-3-5-6-7-8-13-10-9-12(4-2)11-14-13;1-3-4-2/h2,9-11H,3,5-8H2,1H3;1-2H. The van der Waals surface area contributed by atoms with Gasteiger partial charge < -0.3 is 0 Å². The first-order chi connectivity index (χ1) is 8.78. The molecule has 1 aromatic rings. The van der Waals surface area contributed by atoms with Gasteiger partial charge in [0, 0.05) is 17.5 Å². The number of pyridine rings is 1. The number of hydrogen-bond acceptors (Lipinski definition) is 1. The van der Waals surface area contributed by atoms with Crippen LogP contribution in [-0.4, -0.2) is 4.98 Å². The Morgan fingerprint density at radius 2 is 1.78 bits per heavy atom. The summed E-state index contributed by atoms with van der Waals surface area (Å²) in [6.07, 6.45) is 22.3. The number of terminal acetylenes is 3. The molecule has 0 aliphatic rings. The predicted molar refractivity (Wildman–Crippen MR) is 77.7 cm³/mol. The van der Waals surface area contributed by atoms with Gasteiger partial charge in [-0.05, 0) is 36.8 Å². The molecule has 1 heterocycles. The molecule has 1 aromatic heterocycles. The maximum atomic E-state index is 5.25. The highest BCUT2D eigenvalue weighted by Gasteiger charge is 1.94. The van der Waals surface area contributed by atoms with E-state index in [1.54, 1.807) is 6.20 Å². The van der Waals surface area contributed by atoms with Gasteiger partial charge in [-0.15, -0.1) is 19.3 Å². The number of aromatic nitrogens is 1. The molecule has 0 aliphatic carbocycles. The van der Waals surface area contributed by atoms with E-state index in [1.807, 2.05) is 24.0 Å². The molecule has 92 valence electrons. The van der Waals surface area contributed by atoms with E-state index in [-0.39, 0.29) is 0 Å². The Morgan fingerprint density at radius 1 is 1.06 bits per heavy atom. The molecule has 0 radical (unpaired) electrons. The van der Waals surface area contributed by atoms with Gasteiger partial charge in [0.25, 0.3) is 0 Å². The minimum Gasteiger partial charge on any atom is -0.260 e. The van der Waals surface area contributed by atoms with Crippen LogP contribution in [0.1, 0.15) is 43.9 Å². The van der Waals surface area contributed by atoms with E-state index in [4.69, 9.17) is 6.42 Å². The van der Waals surface area contributed by atoms with Crippen molar-refractivity contribution in [2.75, 3.05) is 0 Å². The molecule has 0 N–H and O–H groups in total. The number of unbranched alkanes of at least 4 members (excludes halogenated alkanes) is 3. The fraction of sp³-hybridized carbons (Fsp3) is 0.353. The van der Waals surface area contributed by atoms with E-state index < -0.39 is 0 Å². The first-order valence-electron chi connectivity index (χ1n) is 6.11. The van der Waals surface area contributed by atoms with Crippen LogP contribution in [0.4, 0.5) is 0 Å². The Labute approximate surface area is 111 Å². The summed E-state index contributed by atoms with van der Waals surface area (Å²) >= 11 is 0. The van der Waals surface area contributed by atoms with Gasteiger partial charge in [0.15, 0.2) is 0 Å². The monoisotopic (exact) mass is 237 g/mol. The molecule has 0 fully saturated rings. The van der Waals surface area contributed by atoms with Crippen LogP contribution in [0.25, 0.3) is 0 Å². The number of nitrogens with zero attached hydrogens (tertiary/aromatic N) is 1. The van der Waals surface area contributed by atoms with Gasteiger partial charge in [-0.3, -0.25) is 4.98 Å². The van der Waals surface area contributed by atoms with E-state index in [9.17, 15) is 0 Å². The second-order valence-electron chi connectivity index (χ2n) is 3.78. The molecule has 0 spiro atoms. The van der Waals surface area contributed by atoms with Crippen molar-refractivity contribution < 1.29 is 0 Å². The van der Waals surface area contributed by atoms with Crippen molar-refractivity contribution in [2.45, 2.75) is 39.0 Å². The van der Waals surface area contributed by atoms with Crippen LogP contribution in [0.3, 0.4) is 0 Å². The van der Waals surface area contributed by atoms with Crippen molar-refractivity contribution in [1.29, 1.82) is 0 Å². The summed E-state index contributed by atoms with van der Waals surface area (Å²) in [5.74, 6) is 6.48. The molecule has 1 nitrogen and oxygen atoms in total. The fourth-order valence-corrected chi connectivity index (χ4v) is 1.39. The molecule has 0 bridgehead atoms. The smallest absolute Gasteiger partial charge is 0.0427 e. The zero-order chi connectivity index (χ0) is 13.6. The molecule has 18 heavy (non-hydrogen) atoms. The zero-order valence-electron chi connectivity index (χ0n) is 10.9. The maximum Gasteiger partial charge on any atom is 0.0427 e. The van der Waals surface area contributed by atoms with Gasteiger partial charge in [0.1, 0.15) is 0 Å². The minimum atomic E-state index is 0.863. The van der Waals surface area contributed by atoms with Crippen LogP contribution < -0.4 is 0 Å². The van der Waals surface area contributed by atoms with Crippen molar-refractivity contribution in [2.24, 2.45) is 0 Å². The van der Waals surface area contributed by atoms with Gasteiger partial charge >= 0.3 is 0 Å². The highest BCUT2D eigenvalue weighted by atomic mass is 14.7. The second-order valence-corrected chi connectivity index (χ2v) is 3.78. The summed E-state index contributed by atoms with van der Waals surface area (Å²) in [7, 11) is 0. The fourth-order valence-electron chi connectivity index (χ4n) is 1.39. The minimum absolute atomic E-state index is 0.863. The van der Waals surface area contributed by atoms with Crippen LogP contribution in [0.2, 0.25) is 0 Å². The SMILES string of the molecule is C#CC#C.C#Cc1ccc(CCCCCC)nc1. The van der Waals surface area contributed by atoms with Crippen molar-refractivity contribution in [3.05, 3.63) is 29.6 Å². The van der Waals surface area contributed by atoms with Crippen LogP contribution in [-0.2, 0) is 6.42 Å².